The number of carbonyl (C=O) groups is 1. The van der Waals surface area contributed by atoms with Gasteiger partial charge in [-0.2, -0.15) is 0 Å². The first-order chi connectivity index (χ1) is 10.0. The van der Waals surface area contributed by atoms with Gasteiger partial charge in [-0.15, -0.1) is 11.3 Å². The number of aryl methyl sites for hydroxylation is 1. The van der Waals surface area contributed by atoms with Crippen molar-refractivity contribution in [2.75, 3.05) is 20.2 Å². The molecule has 0 bridgehead atoms. The summed E-state index contributed by atoms with van der Waals surface area (Å²) in [4.78, 5) is 18.0. The fraction of sp³-hybridized carbons (Fsp3) is 0.333. The maximum Gasteiger partial charge on any atom is 0.228 e. The average Bonchev–Trinajstić information content (AvgIpc) is 2.86. The number of aromatic nitrogens is 1. The number of benzene rings is 1. The van der Waals surface area contributed by atoms with Crippen LogP contribution in [-0.2, 0) is 11.2 Å². The minimum atomic E-state index is 0.0417. The number of halogens is 1. The molecule has 2 aromatic rings. The highest BCUT2D eigenvalue weighted by Gasteiger charge is 2.11. The molecule has 0 atom stereocenters. The Morgan fingerprint density at radius 2 is 2.10 bits per heavy atom. The number of hydrogen-bond acceptors (Lipinski definition) is 4. The van der Waals surface area contributed by atoms with Gasteiger partial charge in [0.15, 0.2) is 0 Å². The Morgan fingerprint density at radius 3 is 2.71 bits per heavy atom. The molecule has 0 aliphatic heterocycles. The second-order valence-corrected chi connectivity index (χ2v) is 6.15. The van der Waals surface area contributed by atoms with Gasteiger partial charge in [0.1, 0.15) is 12.4 Å². The van der Waals surface area contributed by atoms with Crippen LogP contribution < -0.4 is 4.74 Å². The van der Waals surface area contributed by atoms with Crippen molar-refractivity contribution in [2.45, 2.75) is 13.3 Å². The molecule has 0 fully saturated rings. The van der Waals surface area contributed by atoms with Crippen LogP contribution in [0.4, 0.5) is 0 Å². The summed E-state index contributed by atoms with van der Waals surface area (Å²) in [6, 6.07) is 7.16. The number of ether oxygens (including phenoxy) is 1. The summed E-state index contributed by atoms with van der Waals surface area (Å²) >= 11 is 7.36. The molecule has 0 N–H and O–H groups in total. The number of amides is 1. The maximum absolute atomic E-state index is 12.0. The molecule has 112 valence electrons. The normalized spacial score (nSPS) is 10.4. The predicted molar refractivity (Wildman–Crippen MR) is 85.1 cm³/mol. The second-order valence-electron chi connectivity index (χ2n) is 4.65. The number of hydrogen-bond donors (Lipinski definition) is 0. The average molecular weight is 325 g/mol. The van der Waals surface area contributed by atoms with Gasteiger partial charge in [-0.3, -0.25) is 4.79 Å². The molecule has 1 aromatic heterocycles. The van der Waals surface area contributed by atoms with E-state index in [1.165, 1.54) is 0 Å². The second kappa shape index (κ2) is 7.43. The van der Waals surface area contributed by atoms with Crippen LogP contribution in [0.1, 0.15) is 10.7 Å². The van der Waals surface area contributed by atoms with Crippen LogP contribution in [0.3, 0.4) is 0 Å². The maximum atomic E-state index is 12.0. The van der Waals surface area contributed by atoms with Crippen LogP contribution in [0.25, 0.3) is 0 Å². The van der Waals surface area contributed by atoms with E-state index in [9.17, 15) is 4.79 Å². The van der Waals surface area contributed by atoms with E-state index in [2.05, 4.69) is 4.98 Å². The van der Waals surface area contributed by atoms with Crippen molar-refractivity contribution < 1.29 is 9.53 Å². The van der Waals surface area contributed by atoms with Crippen LogP contribution in [0.5, 0.6) is 5.75 Å². The van der Waals surface area contributed by atoms with E-state index in [0.29, 0.717) is 24.6 Å². The lowest BCUT2D eigenvalue weighted by atomic mass is 10.3. The van der Waals surface area contributed by atoms with Gasteiger partial charge in [-0.1, -0.05) is 11.6 Å². The zero-order valence-corrected chi connectivity index (χ0v) is 13.6. The standard InChI is InChI=1S/C15H17ClN2O2S/c1-11-17-13(10-21-11)9-15(19)18(2)7-8-20-14-5-3-12(16)4-6-14/h3-6,10H,7-9H2,1-2H3. The van der Waals surface area contributed by atoms with Gasteiger partial charge in [0.25, 0.3) is 0 Å². The molecule has 6 heteroatoms. The lowest BCUT2D eigenvalue weighted by molar-refractivity contribution is -0.129. The van der Waals surface area contributed by atoms with Crippen molar-refractivity contribution >= 4 is 28.8 Å². The van der Waals surface area contributed by atoms with Gasteiger partial charge in [-0.05, 0) is 31.2 Å². The van der Waals surface area contributed by atoms with Crippen molar-refractivity contribution in [2.24, 2.45) is 0 Å². The van der Waals surface area contributed by atoms with Gasteiger partial charge in [0.05, 0.1) is 23.7 Å². The van der Waals surface area contributed by atoms with Crippen molar-refractivity contribution in [3.8, 4) is 5.75 Å². The van der Waals surface area contributed by atoms with E-state index in [1.807, 2.05) is 24.4 Å². The molecule has 4 nitrogen and oxygen atoms in total. The fourth-order valence-electron chi connectivity index (χ4n) is 1.74. The van der Waals surface area contributed by atoms with E-state index >= 15 is 0 Å². The molecule has 0 aliphatic rings. The first-order valence-corrected chi connectivity index (χ1v) is 7.83. The zero-order valence-electron chi connectivity index (χ0n) is 12.0. The number of rotatable bonds is 6. The third-order valence-corrected chi connectivity index (χ3v) is 4.01. The summed E-state index contributed by atoms with van der Waals surface area (Å²) in [5, 5.41) is 3.57. The quantitative estimate of drug-likeness (QED) is 0.819. The first kappa shape index (κ1) is 15.8. The minimum Gasteiger partial charge on any atom is -0.492 e. The number of carbonyl (C=O) groups excluding carboxylic acids is 1. The van der Waals surface area contributed by atoms with Gasteiger partial charge in [0.2, 0.25) is 5.91 Å². The highest BCUT2D eigenvalue weighted by atomic mass is 35.5. The summed E-state index contributed by atoms with van der Waals surface area (Å²) in [5.41, 5.74) is 0.827. The van der Waals surface area contributed by atoms with Gasteiger partial charge in [-0.25, -0.2) is 4.98 Å². The largest absolute Gasteiger partial charge is 0.492 e. The van der Waals surface area contributed by atoms with Crippen LogP contribution in [0.15, 0.2) is 29.6 Å². The Kier molecular flexibility index (Phi) is 5.59. The Bertz CT molecular complexity index is 598. The fourth-order valence-corrected chi connectivity index (χ4v) is 2.47. The summed E-state index contributed by atoms with van der Waals surface area (Å²) in [5.74, 6) is 0.787. The summed E-state index contributed by atoms with van der Waals surface area (Å²) in [6.07, 6.45) is 0.335. The van der Waals surface area contributed by atoms with Gasteiger partial charge < -0.3 is 9.64 Å². The van der Waals surface area contributed by atoms with E-state index in [0.717, 1.165) is 16.5 Å². The number of likely N-dealkylation sites (N-methyl/N-ethyl adjacent to an activating group) is 1. The topological polar surface area (TPSA) is 42.4 Å². The molecule has 0 aliphatic carbocycles. The van der Waals surface area contributed by atoms with Gasteiger partial charge in [0, 0.05) is 17.5 Å². The van der Waals surface area contributed by atoms with Crippen LogP contribution in [0.2, 0.25) is 5.02 Å². The van der Waals surface area contributed by atoms with E-state index < -0.39 is 0 Å². The third-order valence-electron chi connectivity index (χ3n) is 2.93. The zero-order chi connectivity index (χ0) is 15.2. The summed E-state index contributed by atoms with van der Waals surface area (Å²) in [7, 11) is 1.77. The molecule has 1 heterocycles. The predicted octanol–water partition coefficient (Wildman–Crippen LogP) is 3.18. The molecule has 0 unspecified atom stereocenters. The summed E-state index contributed by atoms with van der Waals surface area (Å²) in [6.45, 7) is 2.91. The van der Waals surface area contributed by atoms with Crippen molar-refractivity contribution in [1.29, 1.82) is 0 Å². The first-order valence-electron chi connectivity index (χ1n) is 6.58. The molecule has 1 amide bonds. The molecule has 0 spiro atoms. The van der Waals surface area contributed by atoms with Crippen LogP contribution >= 0.6 is 22.9 Å². The SMILES string of the molecule is Cc1nc(CC(=O)N(C)CCOc2ccc(Cl)cc2)cs1. The smallest absolute Gasteiger partial charge is 0.228 e. The molecular weight excluding hydrogens is 308 g/mol. The highest BCUT2D eigenvalue weighted by molar-refractivity contribution is 7.09. The van der Waals surface area contributed by atoms with Crippen molar-refractivity contribution in [1.82, 2.24) is 9.88 Å². The molecular formula is C15H17ClN2O2S. The lowest BCUT2D eigenvalue weighted by Gasteiger charge is -2.17. The van der Waals surface area contributed by atoms with Crippen molar-refractivity contribution in [3.63, 3.8) is 0 Å². The van der Waals surface area contributed by atoms with E-state index in [1.54, 1.807) is 35.4 Å². The molecule has 0 saturated carbocycles. The number of thiazole rings is 1. The minimum absolute atomic E-state index is 0.0417. The molecule has 0 radical (unpaired) electrons. The Hall–Kier alpha value is -1.59. The van der Waals surface area contributed by atoms with Crippen molar-refractivity contribution in [3.05, 3.63) is 45.4 Å². The Morgan fingerprint density at radius 1 is 1.38 bits per heavy atom. The molecule has 21 heavy (non-hydrogen) atoms. The summed E-state index contributed by atoms with van der Waals surface area (Å²) < 4.78 is 5.57. The lowest BCUT2D eigenvalue weighted by Crippen LogP contribution is -2.32. The van der Waals surface area contributed by atoms with Gasteiger partial charge >= 0.3 is 0 Å². The van der Waals surface area contributed by atoms with E-state index in [-0.39, 0.29) is 5.91 Å². The monoisotopic (exact) mass is 324 g/mol. The van der Waals surface area contributed by atoms with E-state index in [4.69, 9.17) is 16.3 Å². The molecule has 0 saturated heterocycles. The van der Waals surface area contributed by atoms with Crippen LogP contribution in [-0.4, -0.2) is 36.0 Å². The molecule has 2 rings (SSSR count). The number of nitrogens with zero attached hydrogens (tertiary/aromatic N) is 2. The third kappa shape index (κ3) is 5.02. The Labute approximate surface area is 133 Å². The Balaban J connectivity index is 1.74. The highest BCUT2D eigenvalue weighted by Crippen LogP contribution is 2.15. The molecule has 1 aromatic carbocycles. The van der Waals surface area contributed by atoms with Crippen LogP contribution in [0, 0.1) is 6.92 Å².